The summed E-state index contributed by atoms with van der Waals surface area (Å²) in [7, 11) is 0. The Morgan fingerprint density at radius 2 is 1.92 bits per heavy atom. The number of carbonyl (C=O) groups is 2. The molecule has 13 heavy (non-hydrogen) atoms. The van der Waals surface area contributed by atoms with Crippen LogP contribution in [0.5, 0.6) is 0 Å². The van der Waals surface area contributed by atoms with Crippen LogP contribution < -0.4 is 17.2 Å². The summed E-state index contributed by atoms with van der Waals surface area (Å²) in [5.74, 6) is -2.75. The maximum atomic E-state index is 10.8. The number of hydrogen-bond donors (Lipinski definition) is 4. The predicted octanol–water partition coefficient (Wildman–Crippen LogP) is -1.76. The van der Waals surface area contributed by atoms with Crippen molar-refractivity contribution in [1.82, 2.24) is 0 Å². The summed E-state index contributed by atoms with van der Waals surface area (Å²) in [5, 5.41) is 8.54. The summed E-state index contributed by atoms with van der Waals surface area (Å²) in [6, 6.07) is -1.23. The zero-order chi connectivity index (χ0) is 10.4. The van der Waals surface area contributed by atoms with E-state index in [0.29, 0.717) is 19.4 Å². The minimum atomic E-state index is -1.23. The molecule has 0 bridgehead atoms. The van der Waals surface area contributed by atoms with Crippen molar-refractivity contribution in [1.29, 1.82) is 0 Å². The molecule has 6 nitrogen and oxygen atoms in total. The van der Waals surface area contributed by atoms with Crippen LogP contribution in [-0.4, -0.2) is 29.6 Å². The van der Waals surface area contributed by atoms with Crippen LogP contribution in [-0.2, 0) is 9.59 Å². The van der Waals surface area contributed by atoms with Crippen molar-refractivity contribution in [2.24, 2.45) is 23.1 Å². The van der Waals surface area contributed by atoms with E-state index in [2.05, 4.69) is 0 Å². The Bertz CT molecular complexity index is 195. The summed E-state index contributed by atoms with van der Waals surface area (Å²) in [5.41, 5.74) is 15.5. The third-order valence-corrected chi connectivity index (χ3v) is 1.80. The highest BCUT2D eigenvalue weighted by Crippen LogP contribution is 2.09. The predicted molar refractivity (Wildman–Crippen MR) is 46.6 cm³/mol. The van der Waals surface area contributed by atoms with Gasteiger partial charge in [0.1, 0.15) is 6.04 Å². The molecule has 0 fully saturated rings. The molecule has 0 saturated heterocycles. The molecule has 0 rings (SSSR count). The fourth-order valence-electron chi connectivity index (χ4n) is 1.01. The van der Waals surface area contributed by atoms with Crippen LogP contribution in [0.2, 0.25) is 0 Å². The summed E-state index contributed by atoms with van der Waals surface area (Å²) in [6.45, 7) is 0.385. The van der Waals surface area contributed by atoms with E-state index in [9.17, 15) is 9.59 Å². The average molecular weight is 189 g/mol. The first-order valence-electron chi connectivity index (χ1n) is 3.98. The highest BCUT2D eigenvalue weighted by atomic mass is 16.4. The Labute approximate surface area is 76.1 Å². The van der Waals surface area contributed by atoms with E-state index < -0.39 is 23.8 Å². The van der Waals surface area contributed by atoms with E-state index in [4.69, 9.17) is 22.3 Å². The van der Waals surface area contributed by atoms with Gasteiger partial charge < -0.3 is 22.3 Å². The summed E-state index contributed by atoms with van der Waals surface area (Å²) >= 11 is 0. The second-order valence-electron chi connectivity index (χ2n) is 2.80. The molecule has 0 aliphatic heterocycles. The molecule has 0 aromatic heterocycles. The molecule has 1 amide bonds. The van der Waals surface area contributed by atoms with E-state index in [1.807, 2.05) is 0 Å². The molecule has 0 radical (unpaired) electrons. The molecular weight excluding hydrogens is 174 g/mol. The smallest absolute Gasteiger partial charge is 0.321 e. The minimum absolute atomic E-state index is 0.319. The standard InChI is InChI=1S/C7H15N3O3/c8-3-1-2-4(6(10)11)5(9)7(12)13/h4-5H,1-3,8-9H2,(H2,10,11)(H,12,13)/t4?,5-/m0/s1. The molecule has 0 aliphatic carbocycles. The van der Waals surface area contributed by atoms with Crippen molar-refractivity contribution in [2.45, 2.75) is 18.9 Å². The normalized spacial score (nSPS) is 14.9. The van der Waals surface area contributed by atoms with Gasteiger partial charge in [-0.15, -0.1) is 0 Å². The second kappa shape index (κ2) is 5.50. The lowest BCUT2D eigenvalue weighted by Gasteiger charge is -2.16. The van der Waals surface area contributed by atoms with E-state index in [0.717, 1.165) is 0 Å². The Kier molecular flexibility index (Phi) is 5.01. The SMILES string of the molecule is NCCCC(C(N)=O)[C@H](N)C(=O)O. The van der Waals surface area contributed by atoms with Crippen LogP contribution in [0, 0.1) is 5.92 Å². The van der Waals surface area contributed by atoms with Crippen molar-refractivity contribution in [2.75, 3.05) is 6.54 Å². The summed E-state index contributed by atoms with van der Waals surface area (Å²) < 4.78 is 0. The number of carboxylic acids is 1. The first kappa shape index (κ1) is 11.9. The molecule has 6 heteroatoms. The fraction of sp³-hybridized carbons (Fsp3) is 0.714. The van der Waals surface area contributed by atoms with Crippen LogP contribution in [0.4, 0.5) is 0 Å². The Balaban J connectivity index is 4.24. The minimum Gasteiger partial charge on any atom is -0.480 e. The van der Waals surface area contributed by atoms with Gasteiger partial charge in [-0.1, -0.05) is 0 Å². The average Bonchev–Trinajstić information content (AvgIpc) is 2.04. The lowest BCUT2D eigenvalue weighted by atomic mass is 9.94. The molecule has 0 aromatic rings. The molecule has 7 N–H and O–H groups in total. The first-order valence-corrected chi connectivity index (χ1v) is 3.98. The van der Waals surface area contributed by atoms with Gasteiger partial charge in [0.2, 0.25) is 5.91 Å². The molecule has 0 spiro atoms. The highest BCUT2D eigenvalue weighted by Gasteiger charge is 2.28. The number of rotatable bonds is 6. The third-order valence-electron chi connectivity index (χ3n) is 1.80. The topological polar surface area (TPSA) is 132 Å². The summed E-state index contributed by atoms with van der Waals surface area (Å²) in [6.07, 6.45) is 0.855. The Morgan fingerprint density at radius 1 is 1.38 bits per heavy atom. The molecule has 0 aliphatic rings. The van der Waals surface area contributed by atoms with E-state index in [-0.39, 0.29) is 0 Å². The molecule has 0 aromatic carbocycles. The van der Waals surface area contributed by atoms with Gasteiger partial charge in [-0.05, 0) is 19.4 Å². The molecule has 0 saturated carbocycles. The van der Waals surface area contributed by atoms with Crippen LogP contribution in [0.3, 0.4) is 0 Å². The van der Waals surface area contributed by atoms with Gasteiger partial charge in [0.15, 0.2) is 0 Å². The number of primary amides is 1. The fourth-order valence-corrected chi connectivity index (χ4v) is 1.01. The monoisotopic (exact) mass is 189 g/mol. The van der Waals surface area contributed by atoms with Crippen molar-refractivity contribution >= 4 is 11.9 Å². The molecule has 0 heterocycles. The van der Waals surface area contributed by atoms with Crippen molar-refractivity contribution in [3.63, 3.8) is 0 Å². The van der Waals surface area contributed by atoms with Crippen molar-refractivity contribution in [3.05, 3.63) is 0 Å². The van der Waals surface area contributed by atoms with E-state index in [1.54, 1.807) is 0 Å². The number of nitrogens with two attached hydrogens (primary N) is 3. The van der Waals surface area contributed by atoms with E-state index in [1.165, 1.54) is 0 Å². The van der Waals surface area contributed by atoms with Crippen LogP contribution in [0.1, 0.15) is 12.8 Å². The zero-order valence-corrected chi connectivity index (χ0v) is 7.27. The number of amides is 1. The lowest BCUT2D eigenvalue weighted by molar-refractivity contribution is -0.142. The maximum Gasteiger partial charge on any atom is 0.321 e. The van der Waals surface area contributed by atoms with Gasteiger partial charge in [0, 0.05) is 0 Å². The first-order chi connectivity index (χ1) is 6.00. The lowest BCUT2D eigenvalue weighted by Crippen LogP contribution is -2.44. The molecular formula is C7H15N3O3. The van der Waals surface area contributed by atoms with Gasteiger partial charge in [-0.25, -0.2) is 0 Å². The largest absolute Gasteiger partial charge is 0.480 e. The number of aliphatic carboxylic acids is 1. The van der Waals surface area contributed by atoms with Gasteiger partial charge in [-0.2, -0.15) is 0 Å². The van der Waals surface area contributed by atoms with Crippen LogP contribution in [0.25, 0.3) is 0 Å². The van der Waals surface area contributed by atoms with Crippen LogP contribution >= 0.6 is 0 Å². The van der Waals surface area contributed by atoms with Gasteiger partial charge >= 0.3 is 5.97 Å². The molecule has 1 unspecified atom stereocenters. The zero-order valence-electron chi connectivity index (χ0n) is 7.27. The maximum absolute atomic E-state index is 10.8. The number of hydrogen-bond acceptors (Lipinski definition) is 4. The second-order valence-corrected chi connectivity index (χ2v) is 2.80. The van der Waals surface area contributed by atoms with Crippen LogP contribution in [0.15, 0.2) is 0 Å². The molecule has 2 atom stereocenters. The van der Waals surface area contributed by atoms with Gasteiger partial charge in [-0.3, -0.25) is 9.59 Å². The van der Waals surface area contributed by atoms with Gasteiger partial charge in [0.25, 0.3) is 0 Å². The van der Waals surface area contributed by atoms with Crippen molar-refractivity contribution < 1.29 is 14.7 Å². The third kappa shape index (κ3) is 3.86. The van der Waals surface area contributed by atoms with Gasteiger partial charge in [0.05, 0.1) is 5.92 Å². The summed E-state index contributed by atoms with van der Waals surface area (Å²) in [4.78, 5) is 21.2. The Morgan fingerprint density at radius 3 is 2.23 bits per heavy atom. The molecule has 76 valence electrons. The van der Waals surface area contributed by atoms with E-state index >= 15 is 0 Å². The van der Waals surface area contributed by atoms with Crippen molar-refractivity contribution in [3.8, 4) is 0 Å². The Hall–Kier alpha value is -1.14. The highest BCUT2D eigenvalue weighted by molar-refractivity contribution is 5.85. The number of carboxylic acid groups (broad SMARTS) is 1. The number of carbonyl (C=O) groups excluding carboxylic acids is 1. The quantitative estimate of drug-likeness (QED) is 0.393.